The van der Waals surface area contributed by atoms with Crippen molar-refractivity contribution in [1.82, 2.24) is 15.0 Å². The first-order chi connectivity index (χ1) is 15.1. The summed E-state index contributed by atoms with van der Waals surface area (Å²) in [6.07, 6.45) is 9.00. The molecule has 0 amide bonds. The van der Waals surface area contributed by atoms with Crippen LogP contribution in [0.25, 0.3) is 0 Å². The van der Waals surface area contributed by atoms with Crippen LogP contribution < -0.4 is 0 Å². The largest absolute Gasteiger partial charge is 0.478 e. The number of hydrogen-bond donors (Lipinski definition) is 3. The van der Waals surface area contributed by atoms with Crippen LogP contribution in [0.3, 0.4) is 0 Å². The molecule has 0 aliphatic heterocycles. The lowest BCUT2D eigenvalue weighted by Gasteiger charge is -1.95. The number of pyridine rings is 3. The van der Waals surface area contributed by atoms with Crippen molar-refractivity contribution in [3.8, 4) is 0 Å². The van der Waals surface area contributed by atoms with Crippen molar-refractivity contribution in [1.29, 1.82) is 0 Å². The number of carboxylic acids is 3. The zero-order valence-corrected chi connectivity index (χ0v) is 18.6. The maximum atomic E-state index is 10.4. The summed E-state index contributed by atoms with van der Waals surface area (Å²) in [5, 5.41) is 25.6. The fraction of sp³-hybridized carbons (Fsp3) is 0.217. The molecular formula is C23H27N3O6. The van der Waals surface area contributed by atoms with Crippen LogP contribution in [-0.4, -0.2) is 48.2 Å². The Morgan fingerprint density at radius 1 is 0.562 bits per heavy atom. The van der Waals surface area contributed by atoms with Gasteiger partial charge in [0.1, 0.15) is 0 Å². The summed E-state index contributed by atoms with van der Waals surface area (Å²) in [7, 11) is 0. The molecule has 0 fully saturated rings. The van der Waals surface area contributed by atoms with Gasteiger partial charge in [0.25, 0.3) is 0 Å². The van der Waals surface area contributed by atoms with Crippen LogP contribution in [0.4, 0.5) is 0 Å². The zero-order chi connectivity index (χ0) is 24.7. The number of carboxylic acid groups (broad SMARTS) is 3. The highest BCUT2D eigenvalue weighted by atomic mass is 16.4. The number of nitrogens with zero attached hydrogens (tertiary/aromatic N) is 3. The second-order valence-electron chi connectivity index (χ2n) is 5.99. The Morgan fingerprint density at radius 3 is 0.906 bits per heavy atom. The van der Waals surface area contributed by atoms with E-state index in [-0.39, 0.29) is 0 Å². The molecule has 32 heavy (non-hydrogen) atoms. The first kappa shape index (κ1) is 27.9. The van der Waals surface area contributed by atoms with Crippen molar-refractivity contribution in [2.45, 2.75) is 34.6 Å². The summed E-state index contributed by atoms with van der Waals surface area (Å²) >= 11 is 0. The third-order valence-electron chi connectivity index (χ3n) is 3.75. The van der Waals surface area contributed by atoms with Crippen LogP contribution in [0.2, 0.25) is 0 Å². The summed E-state index contributed by atoms with van der Waals surface area (Å²) in [4.78, 5) is 42.5. The average Bonchev–Trinajstić information content (AvgIpc) is 2.76. The highest BCUT2D eigenvalue weighted by Gasteiger charge is 2.05. The average molecular weight is 441 g/mol. The van der Waals surface area contributed by atoms with E-state index in [4.69, 9.17) is 15.3 Å². The molecule has 0 saturated carbocycles. The molecule has 3 aromatic rings. The van der Waals surface area contributed by atoms with Crippen LogP contribution in [0, 0.1) is 20.8 Å². The monoisotopic (exact) mass is 441 g/mol. The van der Waals surface area contributed by atoms with Gasteiger partial charge in [-0.2, -0.15) is 0 Å². The lowest BCUT2D eigenvalue weighted by atomic mass is 10.2. The Balaban J connectivity index is 0.000000433. The number of hydrogen-bond acceptors (Lipinski definition) is 6. The highest BCUT2D eigenvalue weighted by molar-refractivity contribution is 5.89. The van der Waals surface area contributed by atoms with Crippen molar-refractivity contribution in [2.24, 2.45) is 0 Å². The van der Waals surface area contributed by atoms with Gasteiger partial charge in [-0.05, 0) is 55.7 Å². The normalized spacial score (nSPS) is 8.91. The Hall–Kier alpha value is -4.14. The van der Waals surface area contributed by atoms with Crippen molar-refractivity contribution < 1.29 is 29.7 Å². The molecule has 0 unspecified atom stereocenters. The number of carbonyl (C=O) groups is 3. The molecule has 0 spiro atoms. The van der Waals surface area contributed by atoms with Gasteiger partial charge in [0, 0.05) is 37.2 Å². The second kappa shape index (κ2) is 14.8. The maximum absolute atomic E-state index is 10.4. The van der Waals surface area contributed by atoms with Gasteiger partial charge < -0.3 is 15.3 Å². The molecule has 0 bridgehead atoms. The quantitative estimate of drug-likeness (QED) is 0.540. The van der Waals surface area contributed by atoms with Gasteiger partial charge in [0.15, 0.2) is 0 Å². The number of rotatable bonds is 3. The van der Waals surface area contributed by atoms with Crippen LogP contribution in [-0.2, 0) is 0 Å². The Labute approximate surface area is 186 Å². The molecule has 0 saturated heterocycles. The van der Waals surface area contributed by atoms with Crippen LogP contribution in [0.1, 0.15) is 61.6 Å². The molecule has 9 nitrogen and oxygen atoms in total. The van der Waals surface area contributed by atoms with Crippen LogP contribution >= 0.6 is 0 Å². The summed E-state index contributed by atoms with van der Waals surface area (Å²) in [5.41, 5.74) is 3.01. The smallest absolute Gasteiger partial charge is 0.336 e. The van der Waals surface area contributed by atoms with Crippen LogP contribution in [0.15, 0.2) is 55.4 Å². The van der Waals surface area contributed by atoms with E-state index in [1.54, 1.807) is 20.8 Å². The maximum Gasteiger partial charge on any atom is 0.336 e. The highest BCUT2D eigenvalue weighted by Crippen LogP contribution is 2.04. The Morgan fingerprint density at radius 2 is 0.781 bits per heavy atom. The zero-order valence-electron chi connectivity index (χ0n) is 18.6. The molecule has 3 N–H and O–H groups in total. The van der Waals surface area contributed by atoms with Gasteiger partial charge in [0.2, 0.25) is 0 Å². The molecule has 0 aliphatic carbocycles. The van der Waals surface area contributed by atoms with Gasteiger partial charge in [0.05, 0.1) is 16.7 Å². The molecule has 0 atom stereocenters. The molecule has 0 aliphatic rings. The minimum Gasteiger partial charge on any atom is -0.478 e. The van der Waals surface area contributed by atoms with Crippen molar-refractivity contribution >= 4 is 17.9 Å². The Bertz CT molecular complexity index is 906. The summed E-state index contributed by atoms with van der Waals surface area (Å²) < 4.78 is 0. The third kappa shape index (κ3) is 9.57. The molecular weight excluding hydrogens is 414 g/mol. The lowest BCUT2D eigenvalue weighted by molar-refractivity contribution is 0.0685. The third-order valence-corrected chi connectivity index (χ3v) is 3.75. The van der Waals surface area contributed by atoms with Crippen LogP contribution in [0.5, 0.6) is 0 Å². The summed E-state index contributed by atoms with van der Waals surface area (Å²) in [5.74, 6) is -2.71. The van der Waals surface area contributed by atoms with Crippen molar-refractivity contribution in [3.05, 3.63) is 88.8 Å². The van der Waals surface area contributed by atoms with Crippen molar-refractivity contribution in [2.75, 3.05) is 0 Å². The van der Waals surface area contributed by atoms with Gasteiger partial charge in [-0.3, -0.25) is 15.0 Å². The van der Waals surface area contributed by atoms with E-state index in [0.717, 1.165) is 0 Å². The standard InChI is InChI=1S/3C7H7NO2.C2H6/c3*1-5-4-8-3-2-6(5)7(9)10;1-2/h3*2-4H,1H3,(H,9,10);1-2H3. The van der Waals surface area contributed by atoms with Gasteiger partial charge in [-0.25, -0.2) is 14.4 Å². The van der Waals surface area contributed by atoms with E-state index < -0.39 is 17.9 Å². The lowest BCUT2D eigenvalue weighted by Crippen LogP contribution is -1.98. The second-order valence-corrected chi connectivity index (χ2v) is 5.99. The predicted octanol–water partition coefficient (Wildman–Crippen LogP) is 4.29. The molecule has 3 heterocycles. The molecule has 3 rings (SSSR count). The topological polar surface area (TPSA) is 151 Å². The van der Waals surface area contributed by atoms with Gasteiger partial charge >= 0.3 is 17.9 Å². The summed E-state index contributed by atoms with van der Waals surface area (Å²) in [6, 6.07) is 4.45. The number of aromatic carboxylic acids is 3. The van der Waals surface area contributed by atoms with E-state index in [9.17, 15) is 14.4 Å². The fourth-order valence-corrected chi connectivity index (χ4v) is 2.14. The van der Waals surface area contributed by atoms with E-state index in [1.807, 2.05) is 13.8 Å². The van der Waals surface area contributed by atoms with Gasteiger partial charge in [-0.1, -0.05) is 13.8 Å². The number of aryl methyl sites for hydroxylation is 3. The molecule has 0 radical (unpaired) electrons. The predicted molar refractivity (Wildman–Crippen MR) is 119 cm³/mol. The fourth-order valence-electron chi connectivity index (χ4n) is 2.14. The Kier molecular flexibility index (Phi) is 12.9. The molecule has 0 aromatic carbocycles. The van der Waals surface area contributed by atoms with E-state index in [0.29, 0.717) is 33.4 Å². The van der Waals surface area contributed by atoms with E-state index in [1.165, 1.54) is 55.4 Å². The minimum absolute atomic E-state index is 0.315. The SMILES string of the molecule is CC.Cc1cnccc1C(=O)O.Cc1cnccc1C(=O)O.Cc1cnccc1C(=O)O. The molecule has 170 valence electrons. The first-order valence-corrected chi connectivity index (χ1v) is 9.56. The minimum atomic E-state index is -0.903. The van der Waals surface area contributed by atoms with E-state index >= 15 is 0 Å². The van der Waals surface area contributed by atoms with E-state index in [2.05, 4.69) is 15.0 Å². The summed E-state index contributed by atoms with van der Waals surface area (Å²) in [6.45, 7) is 9.16. The molecule has 9 heteroatoms. The van der Waals surface area contributed by atoms with Crippen molar-refractivity contribution in [3.63, 3.8) is 0 Å². The first-order valence-electron chi connectivity index (χ1n) is 9.56. The number of aromatic nitrogens is 3. The molecule has 3 aromatic heterocycles. The van der Waals surface area contributed by atoms with Gasteiger partial charge in [-0.15, -0.1) is 0 Å².